The van der Waals surface area contributed by atoms with Crippen LogP contribution in [0.4, 0.5) is 0 Å². The zero-order valence-corrected chi connectivity index (χ0v) is 13.2. The Morgan fingerprint density at radius 3 is 2.84 bits per heavy atom. The highest BCUT2D eigenvalue weighted by molar-refractivity contribution is 8.00. The number of nitrogens with one attached hydrogen (secondary N) is 1. The second-order valence-electron chi connectivity index (χ2n) is 4.62. The molecule has 0 saturated carbocycles. The number of hydrogen-bond acceptors (Lipinski definition) is 6. The highest BCUT2D eigenvalue weighted by Gasteiger charge is 2.31. The fourth-order valence-corrected chi connectivity index (χ4v) is 3.25. The quantitative estimate of drug-likeness (QED) is 0.539. The molecule has 0 aliphatic heterocycles. The van der Waals surface area contributed by atoms with Crippen LogP contribution in [0.5, 0.6) is 0 Å². The molecular weight excluding hydrogens is 282 g/mol. The molecule has 0 spiro atoms. The standard InChI is InChI=1S/C12H21N3O2S2/c1-4-7-13-12(3,10(16)17)6-5-8-18-11-14-9(2)15-19-11/h13H,4-8H2,1-3H3,(H,16,17). The number of hydrogen-bond donors (Lipinski definition) is 2. The first-order valence-corrected chi connectivity index (χ1v) is 8.15. The number of thioether (sulfide) groups is 1. The second kappa shape index (κ2) is 7.81. The van der Waals surface area contributed by atoms with Gasteiger partial charge in [0.25, 0.3) is 0 Å². The lowest BCUT2D eigenvalue weighted by Gasteiger charge is -2.26. The summed E-state index contributed by atoms with van der Waals surface area (Å²) in [4.78, 5) is 15.6. The lowest BCUT2D eigenvalue weighted by atomic mass is 9.96. The molecule has 1 heterocycles. The Morgan fingerprint density at radius 1 is 1.58 bits per heavy atom. The molecule has 0 aliphatic rings. The van der Waals surface area contributed by atoms with E-state index in [-0.39, 0.29) is 0 Å². The lowest BCUT2D eigenvalue weighted by Crippen LogP contribution is -2.49. The molecule has 2 N–H and O–H groups in total. The number of aliphatic carboxylic acids is 1. The molecule has 108 valence electrons. The minimum absolute atomic E-state index is 0.618. The van der Waals surface area contributed by atoms with Crippen molar-refractivity contribution in [2.75, 3.05) is 12.3 Å². The summed E-state index contributed by atoms with van der Waals surface area (Å²) in [6.07, 6.45) is 2.39. The minimum atomic E-state index is -0.826. The van der Waals surface area contributed by atoms with Crippen LogP contribution in [0.25, 0.3) is 0 Å². The van der Waals surface area contributed by atoms with Crippen molar-refractivity contribution in [3.05, 3.63) is 5.82 Å². The van der Waals surface area contributed by atoms with Crippen LogP contribution in [-0.4, -0.2) is 38.3 Å². The van der Waals surface area contributed by atoms with Crippen LogP contribution in [0.2, 0.25) is 0 Å². The van der Waals surface area contributed by atoms with E-state index in [0.29, 0.717) is 6.42 Å². The molecule has 1 atom stereocenters. The minimum Gasteiger partial charge on any atom is -0.480 e. The summed E-state index contributed by atoms with van der Waals surface area (Å²) in [6.45, 7) is 6.38. The van der Waals surface area contributed by atoms with Crippen molar-refractivity contribution in [1.29, 1.82) is 0 Å². The first kappa shape index (κ1) is 16.4. The fourth-order valence-electron chi connectivity index (χ4n) is 1.59. The van der Waals surface area contributed by atoms with Crippen molar-refractivity contribution in [3.63, 3.8) is 0 Å². The van der Waals surface area contributed by atoms with Gasteiger partial charge in [-0.05, 0) is 51.2 Å². The van der Waals surface area contributed by atoms with Gasteiger partial charge in [-0.2, -0.15) is 4.37 Å². The molecule has 0 radical (unpaired) electrons. The molecule has 1 rings (SSSR count). The Bertz CT molecular complexity index is 411. The molecule has 5 nitrogen and oxygen atoms in total. The SMILES string of the molecule is CCCNC(C)(CCCSc1nc(C)ns1)C(=O)O. The molecule has 1 aromatic rings. The van der Waals surface area contributed by atoms with Crippen LogP contribution >= 0.6 is 23.3 Å². The molecule has 0 saturated heterocycles. The summed E-state index contributed by atoms with van der Waals surface area (Å²) in [5.74, 6) is 0.885. The molecule has 0 amide bonds. The van der Waals surface area contributed by atoms with Crippen molar-refractivity contribution in [2.24, 2.45) is 0 Å². The highest BCUT2D eigenvalue weighted by Crippen LogP contribution is 2.23. The number of aryl methyl sites for hydroxylation is 1. The van der Waals surface area contributed by atoms with Crippen LogP contribution in [-0.2, 0) is 4.79 Å². The molecule has 0 fully saturated rings. The van der Waals surface area contributed by atoms with E-state index in [9.17, 15) is 9.90 Å². The molecule has 1 aromatic heterocycles. The van der Waals surface area contributed by atoms with E-state index in [2.05, 4.69) is 14.7 Å². The maximum atomic E-state index is 11.3. The van der Waals surface area contributed by atoms with E-state index < -0.39 is 11.5 Å². The van der Waals surface area contributed by atoms with Crippen LogP contribution in [0.3, 0.4) is 0 Å². The molecule has 7 heteroatoms. The molecule has 0 aromatic carbocycles. The van der Waals surface area contributed by atoms with Crippen LogP contribution in [0, 0.1) is 6.92 Å². The van der Waals surface area contributed by atoms with E-state index in [1.165, 1.54) is 11.5 Å². The summed E-state index contributed by atoms with van der Waals surface area (Å²) in [6, 6.07) is 0. The largest absolute Gasteiger partial charge is 0.480 e. The van der Waals surface area contributed by atoms with Gasteiger partial charge in [-0.1, -0.05) is 18.7 Å². The topological polar surface area (TPSA) is 75.1 Å². The first-order chi connectivity index (χ1) is 8.98. The summed E-state index contributed by atoms with van der Waals surface area (Å²) in [5, 5.41) is 12.4. The van der Waals surface area contributed by atoms with Gasteiger partial charge in [0.2, 0.25) is 0 Å². The van der Waals surface area contributed by atoms with Gasteiger partial charge >= 0.3 is 5.97 Å². The Kier molecular flexibility index (Phi) is 6.74. The van der Waals surface area contributed by atoms with Gasteiger partial charge in [0.05, 0.1) is 0 Å². The van der Waals surface area contributed by atoms with Gasteiger partial charge in [0.15, 0.2) is 4.34 Å². The molecule has 19 heavy (non-hydrogen) atoms. The normalized spacial score (nSPS) is 14.3. The Morgan fingerprint density at radius 2 is 2.32 bits per heavy atom. The van der Waals surface area contributed by atoms with Crippen molar-refractivity contribution >= 4 is 29.3 Å². The van der Waals surface area contributed by atoms with Gasteiger partial charge in [-0.15, -0.1) is 0 Å². The number of carboxylic acids is 1. The Labute approximate surface area is 122 Å². The first-order valence-electron chi connectivity index (χ1n) is 6.39. The second-order valence-corrected chi connectivity index (χ2v) is 6.72. The fraction of sp³-hybridized carbons (Fsp3) is 0.750. The lowest BCUT2D eigenvalue weighted by molar-refractivity contribution is -0.144. The van der Waals surface area contributed by atoms with Crippen molar-refractivity contribution in [3.8, 4) is 0 Å². The van der Waals surface area contributed by atoms with E-state index >= 15 is 0 Å². The van der Waals surface area contributed by atoms with Gasteiger partial charge in [0, 0.05) is 5.75 Å². The van der Waals surface area contributed by atoms with E-state index in [4.69, 9.17) is 0 Å². The van der Waals surface area contributed by atoms with Crippen molar-refractivity contribution in [1.82, 2.24) is 14.7 Å². The van der Waals surface area contributed by atoms with Crippen LogP contribution in [0.1, 0.15) is 38.9 Å². The monoisotopic (exact) mass is 303 g/mol. The maximum Gasteiger partial charge on any atom is 0.323 e. The van der Waals surface area contributed by atoms with Crippen LogP contribution < -0.4 is 5.32 Å². The maximum absolute atomic E-state index is 11.3. The number of carboxylic acid groups (broad SMARTS) is 1. The number of aromatic nitrogens is 2. The average Bonchev–Trinajstić information content (AvgIpc) is 2.78. The van der Waals surface area contributed by atoms with E-state index in [0.717, 1.165) is 35.3 Å². The Hall–Kier alpha value is -0.660. The zero-order chi connectivity index (χ0) is 14.3. The van der Waals surface area contributed by atoms with E-state index in [1.807, 2.05) is 13.8 Å². The third kappa shape index (κ3) is 5.46. The predicted molar refractivity (Wildman–Crippen MR) is 78.9 cm³/mol. The van der Waals surface area contributed by atoms with Gasteiger partial charge < -0.3 is 10.4 Å². The average molecular weight is 303 g/mol. The number of carbonyl (C=O) groups is 1. The molecular formula is C12H21N3O2S2. The summed E-state index contributed by atoms with van der Waals surface area (Å²) in [7, 11) is 0. The molecule has 0 aliphatic carbocycles. The Balaban J connectivity index is 2.34. The third-order valence-corrected chi connectivity index (χ3v) is 4.80. The summed E-state index contributed by atoms with van der Waals surface area (Å²) >= 11 is 3.04. The number of nitrogens with zero attached hydrogens (tertiary/aromatic N) is 2. The third-order valence-electron chi connectivity index (χ3n) is 2.79. The molecule has 0 bridgehead atoms. The van der Waals surface area contributed by atoms with Gasteiger partial charge in [-0.3, -0.25) is 4.79 Å². The smallest absolute Gasteiger partial charge is 0.323 e. The predicted octanol–water partition coefficient (Wildman–Crippen LogP) is 2.56. The molecule has 1 unspecified atom stereocenters. The van der Waals surface area contributed by atoms with Crippen LogP contribution in [0.15, 0.2) is 4.34 Å². The van der Waals surface area contributed by atoms with Crippen molar-refractivity contribution in [2.45, 2.75) is 49.9 Å². The summed E-state index contributed by atoms with van der Waals surface area (Å²) < 4.78 is 5.07. The summed E-state index contributed by atoms with van der Waals surface area (Å²) in [5.41, 5.74) is -0.826. The van der Waals surface area contributed by atoms with Gasteiger partial charge in [0.1, 0.15) is 11.4 Å². The number of rotatable bonds is 9. The zero-order valence-electron chi connectivity index (χ0n) is 11.6. The highest BCUT2D eigenvalue weighted by atomic mass is 32.2. The van der Waals surface area contributed by atoms with Crippen molar-refractivity contribution < 1.29 is 9.90 Å². The van der Waals surface area contributed by atoms with Gasteiger partial charge in [-0.25, -0.2) is 4.98 Å². The van der Waals surface area contributed by atoms with E-state index in [1.54, 1.807) is 18.7 Å².